The molecule has 2 rings (SSSR count). The minimum absolute atomic E-state index is 0.180. The molecule has 6 nitrogen and oxygen atoms in total. The fraction of sp³-hybridized carbons (Fsp3) is 0.692. The van der Waals surface area contributed by atoms with Crippen molar-refractivity contribution in [2.45, 2.75) is 30.8 Å². The lowest BCUT2D eigenvalue weighted by Crippen LogP contribution is -2.25. The van der Waals surface area contributed by atoms with Crippen LogP contribution in [0.2, 0.25) is 0 Å². The number of hydrogen-bond acceptors (Lipinski definition) is 4. The summed E-state index contributed by atoms with van der Waals surface area (Å²) in [5, 5.41) is 9.07. The van der Waals surface area contributed by atoms with Gasteiger partial charge in [0.25, 0.3) is 0 Å². The highest BCUT2D eigenvalue weighted by molar-refractivity contribution is 7.89. The van der Waals surface area contributed by atoms with Crippen LogP contribution in [0.3, 0.4) is 0 Å². The van der Waals surface area contributed by atoms with Gasteiger partial charge in [0.1, 0.15) is 0 Å². The Morgan fingerprint density at radius 1 is 1.50 bits per heavy atom. The fourth-order valence-corrected chi connectivity index (χ4v) is 3.05. The molecule has 0 spiro atoms. The SMILES string of the molecule is Cn1cc(S(=O)(=O)NCCCOCC2CC2)cc1CO. The smallest absolute Gasteiger partial charge is 0.242 e. The van der Waals surface area contributed by atoms with Crippen LogP contribution in [0.4, 0.5) is 0 Å². The average Bonchev–Trinajstić information content (AvgIpc) is 3.14. The zero-order valence-electron chi connectivity index (χ0n) is 11.7. The molecule has 0 aromatic carbocycles. The van der Waals surface area contributed by atoms with Crippen molar-refractivity contribution in [2.75, 3.05) is 19.8 Å². The number of ether oxygens (including phenoxy) is 1. The lowest BCUT2D eigenvalue weighted by atomic mass is 10.4. The monoisotopic (exact) mass is 302 g/mol. The Balaban J connectivity index is 1.74. The number of aliphatic hydroxyl groups excluding tert-OH is 1. The quantitative estimate of drug-likeness (QED) is 0.655. The second-order valence-corrected chi connectivity index (χ2v) is 6.97. The molecule has 0 aliphatic heterocycles. The van der Waals surface area contributed by atoms with Crippen LogP contribution >= 0.6 is 0 Å². The van der Waals surface area contributed by atoms with Crippen molar-refractivity contribution in [1.82, 2.24) is 9.29 Å². The first kappa shape index (κ1) is 15.5. The van der Waals surface area contributed by atoms with Gasteiger partial charge in [0.2, 0.25) is 10.0 Å². The molecule has 1 aromatic rings. The molecular weight excluding hydrogens is 280 g/mol. The Labute approximate surface area is 119 Å². The maximum Gasteiger partial charge on any atom is 0.242 e. The second kappa shape index (κ2) is 6.71. The number of aryl methyl sites for hydroxylation is 1. The predicted octanol–water partition coefficient (Wildman–Crippen LogP) is 0.612. The van der Waals surface area contributed by atoms with Crippen molar-refractivity contribution >= 4 is 10.0 Å². The number of aliphatic hydroxyl groups is 1. The third kappa shape index (κ3) is 4.31. The normalized spacial score (nSPS) is 15.7. The summed E-state index contributed by atoms with van der Waals surface area (Å²) in [6.45, 7) is 1.55. The zero-order valence-corrected chi connectivity index (χ0v) is 12.5. The van der Waals surface area contributed by atoms with E-state index in [4.69, 9.17) is 9.84 Å². The summed E-state index contributed by atoms with van der Waals surface area (Å²) in [6, 6.07) is 1.48. The van der Waals surface area contributed by atoms with E-state index in [1.807, 2.05) is 0 Å². The first-order valence-electron chi connectivity index (χ1n) is 6.86. The van der Waals surface area contributed by atoms with E-state index in [0.29, 0.717) is 25.3 Å². The van der Waals surface area contributed by atoms with Crippen molar-refractivity contribution in [3.8, 4) is 0 Å². The summed E-state index contributed by atoms with van der Waals surface area (Å²) >= 11 is 0. The number of nitrogens with zero attached hydrogens (tertiary/aromatic N) is 1. The van der Waals surface area contributed by atoms with E-state index in [0.717, 1.165) is 12.5 Å². The topological polar surface area (TPSA) is 80.6 Å². The summed E-state index contributed by atoms with van der Waals surface area (Å²) < 4.78 is 33.6. The van der Waals surface area contributed by atoms with Crippen molar-refractivity contribution < 1.29 is 18.3 Å². The van der Waals surface area contributed by atoms with Gasteiger partial charge < -0.3 is 14.4 Å². The van der Waals surface area contributed by atoms with Gasteiger partial charge in [-0.3, -0.25) is 0 Å². The molecule has 20 heavy (non-hydrogen) atoms. The van der Waals surface area contributed by atoms with Crippen molar-refractivity contribution in [3.05, 3.63) is 18.0 Å². The van der Waals surface area contributed by atoms with Crippen LogP contribution in [0.15, 0.2) is 17.2 Å². The van der Waals surface area contributed by atoms with Crippen molar-refractivity contribution in [1.29, 1.82) is 0 Å². The number of rotatable bonds is 9. The molecule has 0 radical (unpaired) electrons. The maximum atomic E-state index is 12.0. The molecule has 0 bridgehead atoms. The van der Waals surface area contributed by atoms with E-state index in [-0.39, 0.29) is 11.5 Å². The third-order valence-electron chi connectivity index (χ3n) is 3.36. The molecule has 0 unspecified atom stereocenters. The maximum absolute atomic E-state index is 12.0. The largest absolute Gasteiger partial charge is 0.390 e. The molecule has 1 aliphatic carbocycles. The van der Waals surface area contributed by atoms with Gasteiger partial charge in [-0.2, -0.15) is 0 Å². The fourth-order valence-electron chi connectivity index (χ4n) is 1.88. The molecule has 1 fully saturated rings. The van der Waals surface area contributed by atoms with Crippen LogP contribution in [0.5, 0.6) is 0 Å². The summed E-state index contributed by atoms with van der Waals surface area (Å²) in [7, 11) is -1.80. The van der Waals surface area contributed by atoms with Gasteiger partial charge in [-0.25, -0.2) is 13.1 Å². The zero-order chi connectivity index (χ0) is 14.6. The van der Waals surface area contributed by atoms with E-state index < -0.39 is 10.0 Å². The van der Waals surface area contributed by atoms with Crippen LogP contribution in [0.25, 0.3) is 0 Å². The highest BCUT2D eigenvalue weighted by Crippen LogP contribution is 2.28. The van der Waals surface area contributed by atoms with Gasteiger partial charge >= 0.3 is 0 Å². The Morgan fingerprint density at radius 2 is 2.25 bits per heavy atom. The van der Waals surface area contributed by atoms with Gasteiger partial charge in [-0.05, 0) is 31.2 Å². The first-order valence-corrected chi connectivity index (χ1v) is 8.35. The standard InChI is InChI=1S/C13H22N2O4S/c1-15-8-13(7-12(15)9-16)20(17,18)14-5-2-6-19-10-11-3-4-11/h7-8,11,14,16H,2-6,9-10H2,1H3. The number of aromatic nitrogens is 1. The van der Waals surface area contributed by atoms with Crippen LogP contribution in [-0.2, 0) is 28.4 Å². The average molecular weight is 302 g/mol. The van der Waals surface area contributed by atoms with Crippen LogP contribution in [0.1, 0.15) is 25.0 Å². The number of hydrogen-bond donors (Lipinski definition) is 2. The Kier molecular flexibility index (Phi) is 5.20. The van der Waals surface area contributed by atoms with Gasteiger partial charge in [0.05, 0.1) is 11.5 Å². The van der Waals surface area contributed by atoms with Crippen LogP contribution < -0.4 is 4.72 Å². The summed E-state index contributed by atoms with van der Waals surface area (Å²) in [6.07, 6.45) is 4.67. The number of nitrogens with one attached hydrogen (secondary N) is 1. The first-order chi connectivity index (χ1) is 9.53. The molecule has 1 aliphatic rings. The van der Waals surface area contributed by atoms with E-state index in [2.05, 4.69) is 4.72 Å². The highest BCUT2D eigenvalue weighted by atomic mass is 32.2. The predicted molar refractivity (Wildman–Crippen MR) is 74.7 cm³/mol. The Bertz CT molecular complexity index is 535. The summed E-state index contributed by atoms with van der Waals surface area (Å²) in [5.41, 5.74) is 0.568. The second-order valence-electron chi connectivity index (χ2n) is 5.21. The third-order valence-corrected chi connectivity index (χ3v) is 4.79. The van der Waals surface area contributed by atoms with E-state index in [9.17, 15) is 8.42 Å². The molecule has 1 saturated carbocycles. The highest BCUT2D eigenvalue weighted by Gasteiger charge is 2.21. The van der Waals surface area contributed by atoms with Gasteiger partial charge in [-0.15, -0.1) is 0 Å². The molecule has 2 N–H and O–H groups in total. The summed E-state index contributed by atoms with van der Waals surface area (Å²) in [5.74, 6) is 0.730. The van der Waals surface area contributed by atoms with Crippen LogP contribution in [-0.4, -0.2) is 37.8 Å². The van der Waals surface area contributed by atoms with Gasteiger partial charge in [0.15, 0.2) is 0 Å². The van der Waals surface area contributed by atoms with Crippen molar-refractivity contribution in [2.24, 2.45) is 13.0 Å². The molecule has 7 heteroatoms. The van der Waals surface area contributed by atoms with Gasteiger partial charge in [-0.1, -0.05) is 0 Å². The molecule has 0 atom stereocenters. The van der Waals surface area contributed by atoms with E-state index in [1.165, 1.54) is 25.1 Å². The van der Waals surface area contributed by atoms with E-state index >= 15 is 0 Å². The van der Waals surface area contributed by atoms with Crippen LogP contribution in [0, 0.1) is 5.92 Å². The summed E-state index contributed by atoms with van der Waals surface area (Å²) in [4.78, 5) is 0.183. The lowest BCUT2D eigenvalue weighted by molar-refractivity contribution is 0.123. The Morgan fingerprint density at radius 3 is 2.85 bits per heavy atom. The minimum atomic E-state index is -3.50. The van der Waals surface area contributed by atoms with E-state index in [1.54, 1.807) is 11.6 Å². The molecule has 1 heterocycles. The Hall–Kier alpha value is -0.890. The molecule has 0 amide bonds. The van der Waals surface area contributed by atoms with Crippen molar-refractivity contribution in [3.63, 3.8) is 0 Å². The molecule has 1 aromatic heterocycles. The molecule has 0 saturated heterocycles. The minimum Gasteiger partial charge on any atom is -0.390 e. The van der Waals surface area contributed by atoms with Gasteiger partial charge in [0, 0.05) is 38.7 Å². The number of sulfonamides is 1. The lowest BCUT2D eigenvalue weighted by Gasteiger charge is -2.05. The molecular formula is C13H22N2O4S. The molecule has 114 valence electrons.